The molecular weight excluding hydrogens is 478 g/mol. The van der Waals surface area contributed by atoms with Gasteiger partial charge < -0.3 is 25.4 Å². The molecule has 1 aromatic rings. The molecule has 204 valence electrons. The van der Waals surface area contributed by atoms with Gasteiger partial charge in [0.2, 0.25) is 11.8 Å². The Hall–Kier alpha value is -2.26. The Morgan fingerprint density at radius 3 is 2.31 bits per heavy atom. The van der Waals surface area contributed by atoms with E-state index in [1.165, 1.54) is 4.90 Å². The lowest BCUT2D eigenvalue weighted by molar-refractivity contribution is -0.143. The molecule has 2 unspecified atom stereocenters. The van der Waals surface area contributed by atoms with Crippen LogP contribution < -0.4 is 10.6 Å². The first kappa shape index (κ1) is 31.8. The van der Waals surface area contributed by atoms with Crippen molar-refractivity contribution in [2.75, 3.05) is 31.7 Å². The number of aliphatic hydroxyl groups is 1. The van der Waals surface area contributed by atoms with Crippen LogP contribution in [0, 0.1) is 13.8 Å². The van der Waals surface area contributed by atoms with Crippen LogP contribution in [0.2, 0.25) is 0 Å². The zero-order valence-electron chi connectivity index (χ0n) is 23.0. The summed E-state index contributed by atoms with van der Waals surface area (Å²) < 4.78 is 5.39. The fourth-order valence-electron chi connectivity index (χ4n) is 3.99. The number of rotatable bonds is 14. The molecule has 1 aromatic carbocycles. The van der Waals surface area contributed by atoms with Gasteiger partial charge in [-0.25, -0.2) is 4.79 Å². The normalized spacial score (nSPS) is 13.0. The number of benzene rings is 1. The highest BCUT2D eigenvalue weighted by molar-refractivity contribution is 7.98. The molecule has 0 aromatic heterocycles. The molecule has 0 saturated carbocycles. The first-order valence-electron chi connectivity index (χ1n) is 12.7. The van der Waals surface area contributed by atoms with Crippen LogP contribution in [0.15, 0.2) is 18.2 Å². The Morgan fingerprint density at radius 2 is 1.78 bits per heavy atom. The monoisotopic (exact) mass is 523 g/mol. The van der Waals surface area contributed by atoms with Crippen LogP contribution >= 0.6 is 11.8 Å². The third-order valence-corrected chi connectivity index (χ3v) is 6.32. The predicted molar refractivity (Wildman–Crippen MR) is 146 cm³/mol. The molecule has 0 aliphatic rings. The second-order valence-electron chi connectivity index (χ2n) is 9.94. The van der Waals surface area contributed by atoms with Crippen molar-refractivity contribution in [3.05, 3.63) is 34.9 Å². The lowest BCUT2D eigenvalue weighted by Crippen LogP contribution is -2.54. The predicted octanol–water partition coefficient (Wildman–Crippen LogP) is 4.12. The fraction of sp³-hybridized carbons (Fsp3) is 0.667. The summed E-state index contributed by atoms with van der Waals surface area (Å²) >= 11 is 1.55. The third-order valence-electron chi connectivity index (χ3n) is 5.68. The topological polar surface area (TPSA) is 108 Å². The molecule has 3 N–H and O–H groups in total. The summed E-state index contributed by atoms with van der Waals surface area (Å²) in [6, 6.07) is 3.88. The third kappa shape index (κ3) is 10.4. The van der Waals surface area contributed by atoms with Crippen LogP contribution in [0.5, 0.6) is 0 Å². The number of nitrogens with one attached hydrogen (secondary N) is 2. The van der Waals surface area contributed by atoms with Crippen molar-refractivity contribution < 1.29 is 24.2 Å². The number of carbonyl (C=O) groups excluding carboxylic acids is 3. The zero-order chi connectivity index (χ0) is 27.3. The summed E-state index contributed by atoms with van der Waals surface area (Å²) in [6.07, 6.45) is 4.44. The maximum atomic E-state index is 13.9. The molecule has 0 heterocycles. The molecule has 0 aliphatic heterocycles. The number of ether oxygens (including phenoxy) is 1. The number of aryl methyl sites for hydroxylation is 2. The Bertz CT molecular complexity index is 836. The van der Waals surface area contributed by atoms with E-state index in [1.54, 1.807) is 32.5 Å². The number of amides is 3. The van der Waals surface area contributed by atoms with Gasteiger partial charge in [-0.2, -0.15) is 11.8 Å². The van der Waals surface area contributed by atoms with E-state index in [-0.39, 0.29) is 19.1 Å². The van der Waals surface area contributed by atoms with Crippen molar-refractivity contribution in [2.24, 2.45) is 0 Å². The van der Waals surface area contributed by atoms with Crippen LogP contribution in [0.1, 0.15) is 76.1 Å². The summed E-state index contributed by atoms with van der Waals surface area (Å²) in [7, 11) is 0. The fourth-order valence-corrected chi connectivity index (χ4v) is 4.46. The van der Waals surface area contributed by atoms with Crippen LogP contribution in [-0.2, 0) is 14.3 Å². The smallest absolute Gasteiger partial charge is 0.408 e. The van der Waals surface area contributed by atoms with E-state index in [9.17, 15) is 19.5 Å². The number of hydrogen-bond donors (Lipinski definition) is 3. The number of alkyl carbamates (subject to hydrolysis) is 1. The highest BCUT2D eigenvalue weighted by Gasteiger charge is 2.37. The molecule has 0 fully saturated rings. The molecule has 0 aliphatic carbocycles. The van der Waals surface area contributed by atoms with Crippen molar-refractivity contribution in [1.82, 2.24) is 15.5 Å². The first-order valence-corrected chi connectivity index (χ1v) is 14.1. The Balaban J connectivity index is 3.42. The van der Waals surface area contributed by atoms with Crippen molar-refractivity contribution >= 4 is 29.7 Å². The number of nitrogens with zero attached hydrogens (tertiary/aromatic N) is 1. The first-order chi connectivity index (χ1) is 17.0. The maximum absolute atomic E-state index is 13.9. The minimum absolute atomic E-state index is 0.0502. The largest absolute Gasteiger partial charge is 0.444 e. The van der Waals surface area contributed by atoms with Gasteiger partial charge in [0.1, 0.15) is 17.7 Å². The van der Waals surface area contributed by atoms with Gasteiger partial charge in [-0.15, -0.1) is 0 Å². The van der Waals surface area contributed by atoms with Crippen molar-refractivity contribution in [2.45, 2.75) is 84.9 Å². The highest BCUT2D eigenvalue weighted by atomic mass is 32.2. The molecular formula is C27H45N3O5S. The van der Waals surface area contributed by atoms with Gasteiger partial charge in [0.05, 0.1) is 6.61 Å². The number of aliphatic hydroxyl groups excluding tert-OH is 1. The molecule has 8 nitrogen and oxygen atoms in total. The molecule has 1 rings (SSSR count). The van der Waals surface area contributed by atoms with Crippen LogP contribution in [0.3, 0.4) is 0 Å². The Morgan fingerprint density at radius 1 is 1.14 bits per heavy atom. The van der Waals surface area contributed by atoms with Gasteiger partial charge in [-0.05, 0) is 76.2 Å². The molecule has 0 bridgehead atoms. The summed E-state index contributed by atoms with van der Waals surface area (Å²) in [4.78, 5) is 41.4. The Kier molecular flexibility index (Phi) is 13.9. The zero-order valence-corrected chi connectivity index (χ0v) is 23.8. The molecule has 2 atom stereocenters. The molecule has 3 amide bonds. The number of unbranched alkanes of at least 4 members (excludes halogenated alkanes) is 2. The standard InChI is InChI=1S/C27H45N3O5S/c1-8-9-10-15-28-24(32)23(22-19(2)12-11-13-20(22)3)30(16-17-31)25(33)21(14-18-36-7)29-26(34)35-27(4,5)6/h11-13,21,23,31H,8-10,14-18H2,1-7H3,(H,28,32)(H,29,34). The van der Waals surface area contributed by atoms with E-state index in [4.69, 9.17) is 4.74 Å². The van der Waals surface area contributed by atoms with E-state index in [0.29, 0.717) is 18.7 Å². The number of carbonyl (C=O) groups is 3. The van der Waals surface area contributed by atoms with Crippen LogP contribution in [0.25, 0.3) is 0 Å². The van der Waals surface area contributed by atoms with Crippen molar-refractivity contribution in [1.29, 1.82) is 0 Å². The highest BCUT2D eigenvalue weighted by Crippen LogP contribution is 2.29. The lowest BCUT2D eigenvalue weighted by atomic mass is 9.93. The van der Waals surface area contributed by atoms with Gasteiger partial charge >= 0.3 is 6.09 Å². The van der Waals surface area contributed by atoms with E-state index in [2.05, 4.69) is 17.6 Å². The van der Waals surface area contributed by atoms with Gasteiger partial charge in [-0.3, -0.25) is 9.59 Å². The van der Waals surface area contributed by atoms with Crippen molar-refractivity contribution in [3.8, 4) is 0 Å². The minimum atomic E-state index is -0.940. The number of hydrogen-bond acceptors (Lipinski definition) is 6. The minimum Gasteiger partial charge on any atom is -0.444 e. The summed E-state index contributed by atoms with van der Waals surface area (Å²) in [5.41, 5.74) is 1.76. The summed E-state index contributed by atoms with van der Waals surface area (Å²) in [5, 5.41) is 15.6. The Labute approximate surface area is 220 Å². The molecule has 0 spiro atoms. The second-order valence-corrected chi connectivity index (χ2v) is 10.9. The van der Waals surface area contributed by atoms with E-state index in [0.717, 1.165) is 36.0 Å². The van der Waals surface area contributed by atoms with Gasteiger partial charge in [0.25, 0.3) is 0 Å². The summed E-state index contributed by atoms with van der Waals surface area (Å²) in [6.45, 7) is 11.3. The van der Waals surface area contributed by atoms with Gasteiger partial charge in [0.15, 0.2) is 0 Å². The SMILES string of the molecule is CCCCCNC(=O)C(c1c(C)cccc1C)N(CCO)C(=O)C(CCSC)NC(=O)OC(C)(C)C. The number of thioether (sulfide) groups is 1. The average molecular weight is 524 g/mol. The van der Waals surface area contributed by atoms with E-state index in [1.807, 2.05) is 38.3 Å². The van der Waals surface area contributed by atoms with Crippen molar-refractivity contribution in [3.63, 3.8) is 0 Å². The van der Waals surface area contributed by atoms with E-state index >= 15 is 0 Å². The summed E-state index contributed by atoms with van der Waals surface area (Å²) in [5.74, 6) is -0.109. The van der Waals surface area contributed by atoms with Crippen LogP contribution in [0.4, 0.5) is 4.79 Å². The lowest BCUT2D eigenvalue weighted by Gasteiger charge is -2.35. The molecule has 0 saturated heterocycles. The quantitative estimate of drug-likeness (QED) is 0.317. The van der Waals surface area contributed by atoms with Crippen LogP contribution in [-0.4, -0.2) is 71.3 Å². The van der Waals surface area contributed by atoms with Gasteiger partial charge in [0, 0.05) is 13.1 Å². The average Bonchev–Trinajstić information content (AvgIpc) is 2.79. The second kappa shape index (κ2) is 15.8. The van der Waals surface area contributed by atoms with E-state index < -0.39 is 29.7 Å². The maximum Gasteiger partial charge on any atom is 0.408 e. The van der Waals surface area contributed by atoms with Gasteiger partial charge in [-0.1, -0.05) is 38.0 Å². The molecule has 36 heavy (non-hydrogen) atoms. The molecule has 0 radical (unpaired) electrons. The molecule has 9 heteroatoms.